The van der Waals surface area contributed by atoms with Crippen LogP contribution in [-0.2, 0) is 22.6 Å². The molecule has 2 heterocycles. The van der Waals surface area contributed by atoms with Crippen LogP contribution in [0, 0.1) is 0 Å². The summed E-state index contributed by atoms with van der Waals surface area (Å²) in [5.41, 5.74) is 4.25. The average Bonchev–Trinajstić information content (AvgIpc) is 3.23. The standard InChI is InChI=1S/C21H24N2S.C4H4O4/c1-2-19-21-18(9-6-10-20(21)24-22-19)17-11-13-23(14-12-17)15-16-7-4-3-5-8-16;5-3(6)1-2-4(7)8/h3-10,17H,2,11-15H2,1H3;1-2H,(H,5,6)(H,7,8)/b;2-1-. The van der Waals surface area contributed by atoms with E-state index in [1.807, 2.05) is 0 Å². The molecule has 2 N–H and O–H groups in total. The Labute approximate surface area is 192 Å². The number of aliphatic carboxylic acids is 2. The van der Waals surface area contributed by atoms with Crippen LogP contribution in [0.5, 0.6) is 0 Å². The van der Waals surface area contributed by atoms with Gasteiger partial charge in [-0.3, -0.25) is 4.90 Å². The van der Waals surface area contributed by atoms with Gasteiger partial charge in [0.25, 0.3) is 0 Å². The lowest BCUT2D eigenvalue weighted by Gasteiger charge is -2.32. The first kappa shape index (κ1) is 23.6. The number of hydrogen-bond donors (Lipinski definition) is 2. The van der Waals surface area contributed by atoms with Crippen LogP contribution in [0.25, 0.3) is 10.1 Å². The Bertz CT molecular complexity index is 1050. The minimum Gasteiger partial charge on any atom is -0.478 e. The Balaban J connectivity index is 0.000000312. The van der Waals surface area contributed by atoms with Crippen molar-refractivity contribution in [1.29, 1.82) is 0 Å². The van der Waals surface area contributed by atoms with E-state index >= 15 is 0 Å². The van der Waals surface area contributed by atoms with E-state index in [9.17, 15) is 9.59 Å². The van der Waals surface area contributed by atoms with E-state index in [4.69, 9.17) is 10.2 Å². The number of benzene rings is 2. The Kier molecular flexibility index (Phi) is 8.53. The second-order valence-corrected chi connectivity index (χ2v) is 8.55. The number of nitrogens with zero attached hydrogens (tertiary/aromatic N) is 2. The first-order valence-electron chi connectivity index (χ1n) is 10.7. The van der Waals surface area contributed by atoms with Gasteiger partial charge in [0.1, 0.15) is 0 Å². The maximum absolute atomic E-state index is 9.55. The van der Waals surface area contributed by atoms with Gasteiger partial charge in [-0.05, 0) is 67.0 Å². The van der Waals surface area contributed by atoms with E-state index in [1.165, 1.54) is 52.8 Å². The smallest absolute Gasteiger partial charge is 0.328 e. The van der Waals surface area contributed by atoms with Crippen molar-refractivity contribution < 1.29 is 19.8 Å². The van der Waals surface area contributed by atoms with Gasteiger partial charge >= 0.3 is 11.9 Å². The number of piperidine rings is 1. The first-order chi connectivity index (χ1) is 15.5. The molecule has 4 rings (SSSR count). The van der Waals surface area contributed by atoms with Gasteiger partial charge in [-0.2, -0.15) is 4.37 Å². The molecule has 0 aliphatic carbocycles. The quantitative estimate of drug-likeness (QED) is 0.514. The van der Waals surface area contributed by atoms with Gasteiger partial charge in [-0.25, -0.2) is 9.59 Å². The number of fused-ring (bicyclic) bond motifs is 1. The van der Waals surface area contributed by atoms with Crippen LogP contribution in [-0.4, -0.2) is 44.5 Å². The Morgan fingerprint density at radius 2 is 1.69 bits per heavy atom. The summed E-state index contributed by atoms with van der Waals surface area (Å²) in [4.78, 5) is 21.7. The highest BCUT2D eigenvalue weighted by molar-refractivity contribution is 7.13. The fourth-order valence-electron chi connectivity index (χ4n) is 4.05. The summed E-state index contributed by atoms with van der Waals surface area (Å²) >= 11 is 1.66. The number of carboxylic acid groups (broad SMARTS) is 2. The molecule has 3 aromatic rings. The summed E-state index contributed by atoms with van der Waals surface area (Å²) in [6.45, 7) is 5.68. The van der Waals surface area contributed by atoms with E-state index < -0.39 is 11.9 Å². The van der Waals surface area contributed by atoms with Gasteiger partial charge in [0.15, 0.2) is 0 Å². The molecule has 7 heteroatoms. The van der Waals surface area contributed by atoms with Crippen LogP contribution in [0.15, 0.2) is 60.7 Å². The maximum atomic E-state index is 9.55. The lowest BCUT2D eigenvalue weighted by atomic mass is 9.86. The zero-order chi connectivity index (χ0) is 22.9. The molecule has 0 radical (unpaired) electrons. The molecule has 0 unspecified atom stereocenters. The molecule has 168 valence electrons. The molecule has 1 saturated heterocycles. The average molecular weight is 453 g/mol. The molecule has 1 aromatic heterocycles. The number of carboxylic acids is 2. The van der Waals surface area contributed by atoms with Gasteiger partial charge < -0.3 is 10.2 Å². The molecule has 0 saturated carbocycles. The van der Waals surface area contributed by atoms with Crippen LogP contribution in [0.2, 0.25) is 0 Å². The minimum absolute atomic E-state index is 0.558. The first-order valence-corrected chi connectivity index (χ1v) is 11.5. The molecule has 6 nitrogen and oxygen atoms in total. The Morgan fingerprint density at radius 3 is 2.28 bits per heavy atom. The van der Waals surface area contributed by atoms with Gasteiger partial charge in [-0.15, -0.1) is 0 Å². The Morgan fingerprint density at radius 1 is 1.03 bits per heavy atom. The molecule has 0 amide bonds. The number of rotatable bonds is 6. The fraction of sp³-hybridized carbons (Fsp3) is 0.320. The van der Waals surface area contributed by atoms with Crippen molar-refractivity contribution in [2.45, 2.75) is 38.6 Å². The van der Waals surface area contributed by atoms with Crippen LogP contribution >= 0.6 is 11.5 Å². The third-order valence-corrected chi connectivity index (χ3v) is 6.43. The van der Waals surface area contributed by atoms with Crippen LogP contribution in [0.1, 0.15) is 42.5 Å². The van der Waals surface area contributed by atoms with Crippen molar-refractivity contribution >= 4 is 33.6 Å². The molecule has 0 bridgehead atoms. The summed E-state index contributed by atoms with van der Waals surface area (Å²) in [6, 6.07) is 17.6. The van der Waals surface area contributed by atoms with Crippen molar-refractivity contribution in [3.8, 4) is 0 Å². The zero-order valence-corrected chi connectivity index (χ0v) is 18.9. The summed E-state index contributed by atoms with van der Waals surface area (Å²) in [7, 11) is 0. The van der Waals surface area contributed by atoms with Gasteiger partial charge in [0.2, 0.25) is 0 Å². The van der Waals surface area contributed by atoms with Crippen LogP contribution < -0.4 is 0 Å². The van der Waals surface area contributed by atoms with Gasteiger partial charge in [-0.1, -0.05) is 49.4 Å². The fourth-order valence-corrected chi connectivity index (χ4v) is 4.95. The summed E-state index contributed by atoms with van der Waals surface area (Å²) in [5, 5.41) is 17.1. The number of likely N-dealkylation sites (tertiary alicyclic amines) is 1. The second-order valence-electron chi connectivity index (χ2n) is 7.75. The van der Waals surface area contributed by atoms with Crippen LogP contribution in [0.4, 0.5) is 0 Å². The van der Waals surface area contributed by atoms with Crippen molar-refractivity contribution in [2.24, 2.45) is 0 Å². The van der Waals surface area contributed by atoms with E-state index in [-0.39, 0.29) is 0 Å². The number of hydrogen-bond acceptors (Lipinski definition) is 5. The van der Waals surface area contributed by atoms with Crippen LogP contribution in [0.3, 0.4) is 0 Å². The van der Waals surface area contributed by atoms with E-state index in [1.54, 1.807) is 11.5 Å². The SMILES string of the molecule is CCc1nsc2cccc(C3CCN(Cc4ccccc4)CC3)c12.O=C(O)/C=C\C(=O)O. The maximum Gasteiger partial charge on any atom is 0.328 e. The topological polar surface area (TPSA) is 90.7 Å². The molecule has 32 heavy (non-hydrogen) atoms. The number of carbonyl (C=O) groups is 2. The summed E-state index contributed by atoms with van der Waals surface area (Å²) in [6.07, 6.45) is 4.66. The van der Waals surface area contributed by atoms with E-state index in [2.05, 4.69) is 64.7 Å². The molecule has 0 spiro atoms. The van der Waals surface area contributed by atoms with E-state index in [0.29, 0.717) is 18.1 Å². The predicted octanol–water partition coefficient (Wildman–Crippen LogP) is 4.95. The van der Waals surface area contributed by atoms with Crippen molar-refractivity contribution in [3.05, 3.63) is 77.5 Å². The molecule has 1 aliphatic rings. The van der Waals surface area contributed by atoms with Crippen molar-refractivity contribution in [2.75, 3.05) is 13.1 Å². The van der Waals surface area contributed by atoms with Gasteiger partial charge in [0.05, 0.1) is 10.4 Å². The highest BCUT2D eigenvalue weighted by atomic mass is 32.1. The molecular formula is C25H28N2O4S. The predicted molar refractivity (Wildman–Crippen MR) is 127 cm³/mol. The molecule has 0 atom stereocenters. The number of aryl methyl sites for hydroxylation is 1. The number of aromatic nitrogens is 1. The Hall–Kier alpha value is -3.03. The minimum atomic E-state index is -1.26. The molecule has 2 aromatic carbocycles. The highest BCUT2D eigenvalue weighted by Crippen LogP contribution is 2.36. The van der Waals surface area contributed by atoms with Crippen molar-refractivity contribution in [3.63, 3.8) is 0 Å². The second kappa shape index (κ2) is 11.5. The molecule has 1 aliphatic heterocycles. The lowest BCUT2D eigenvalue weighted by Crippen LogP contribution is -2.32. The third kappa shape index (κ3) is 6.48. The summed E-state index contributed by atoms with van der Waals surface area (Å²) in [5.74, 6) is -1.83. The zero-order valence-electron chi connectivity index (χ0n) is 18.1. The summed E-state index contributed by atoms with van der Waals surface area (Å²) < 4.78 is 6.03. The van der Waals surface area contributed by atoms with E-state index in [0.717, 1.165) is 13.0 Å². The third-order valence-electron chi connectivity index (χ3n) is 5.58. The highest BCUT2D eigenvalue weighted by Gasteiger charge is 2.23. The molecular weight excluding hydrogens is 424 g/mol. The van der Waals surface area contributed by atoms with Gasteiger partial charge in [0, 0.05) is 24.1 Å². The normalized spacial score (nSPS) is 14.9. The lowest BCUT2D eigenvalue weighted by molar-refractivity contribution is -0.134. The van der Waals surface area contributed by atoms with Crippen molar-refractivity contribution in [1.82, 2.24) is 9.27 Å². The molecule has 1 fully saturated rings. The largest absolute Gasteiger partial charge is 0.478 e. The monoisotopic (exact) mass is 452 g/mol.